The van der Waals surface area contributed by atoms with Gasteiger partial charge in [-0.3, -0.25) is 25.0 Å². The zero-order chi connectivity index (χ0) is 18.1. The molecule has 0 saturated carbocycles. The van der Waals surface area contributed by atoms with Crippen LogP contribution in [0, 0.1) is 0 Å². The predicted octanol–water partition coefficient (Wildman–Crippen LogP) is 0.784. The molecule has 1 aliphatic heterocycles. The van der Waals surface area contributed by atoms with E-state index in [0.29, 0.717) is 28.2 Å². The van der Waals surface area contributed by atoms with Gasteiger partial charge in [-0.1, -0.05) is 12.1 Å². The van der Waals surface area contributed by atoms with E-state index in [-0.39, 0.29) is 13.3 Å². The van der Waals surface area contributed by atoms with Crippen LogP contribution in [-0.2, 0) is 11.3 Å². The topological polar surface area (TPSA) is 112 Å². The summed E-state index contributed by atoms with van der Waals surface area (Å²) in [5.74, 6) is -0.741. The third kappa shape index (κ3) is 2.86. The standard InChI is InChI=1S/C17H13N3O6/c21-15(8-20-11-3-1-2-4-12(11)26-17(20)23)18-19-16(22)10-5-6-13-14(7-10)25-9-24-13/h1-7H,8-9H2,(H,18,21)(H,19,22). The highest BCUT2D eigenvalue weighted by Crippen LogP contribution is 2.32. The molecule has 26 heavy (non-hydrogen) atoms. The van der Waals surface area contributed by atoms with E-state index in [1.54, 1.807) is 36.4 Å². The number of hydrogen-bond donors (Lipinski definition) is 2. The molecule has 1 aliphatic rings. The third-order valence-electron chi connectivity index (χ3n) is 3.83. The summed E-state index contributed by atoms with van der Waals surface area (Å²) in [6.07, 6.45) is 0. The number of fused-ring (bicyclic) bond motifs is 2. The summed E-state index contributed by atoms with van der Waals surface area (Å²) < 4.78 is 16.6. The largest absolute Gasteiger partial charge is 0.454 e. The minimum absolute atomic E-state index is 0.102. The van der Waals surface area contributed by atoms with Crippen LogP contribution in [0.1, 0.15) is 10.4 Å². The minimum Gasteiger partial charge on any atom is -0.454 e. The van der Waals surface area contributed by atoms with Gasteiger partial charge >= 0.3 is 5.76 Å². The fourth-order valence-electron chi connectivity index (χ4n) is 2.58. The molecule has 4 rings (SSSR count). The van der Waals surface area contributed by atoms with E-state index in [1.165, 1.54) is 10.6 Å². The first kappa shape index (κ1) is 15.8. The average molecular weight is 355 g/mol. The fourth-order valence-corrected chi connectivity index (χ4v) is 2.58. The van der Waals surface area contributed by atoms with Crippen LogP contribution in [0.25, 0.3) is 11.1 Å². The summed E-state index contributed by atoms with van der Waals surface area (Å²) in [6.45, 7) is -0.193. The molecule has 132 valence electrons. The van der Waals surface area contributed by atoms with Crippen molar-refractivity contribution in [1.82, 2.24) is 15.4 Å². The highest BCUT2D eigenvalue weighted by Gasteiger charge is 2.17. The van der Waals surface area contributed by atoms with E-state index >= 15 is 0 Å². The monoisotopic (exact) mass is 355 g/mol. The fraction of sp³-hybridized carbons (Fsp3) is 0.118. The Balaban J connectivity index is 1.41. The van der Waals surface area contributed by atoms with Gasteiger partial charge in [0.25, 0.3) is 11.8 Å². The maximum absolute atomic E-state index is 12.1. The van der Waals surface area contributed by atoms with Gasteiger partial charge in [-0.2, -0.15) is 0 Å². The molecule has 2 aromatic carbocycles. The molecule has 0 spiro atoms. The number of ether oxygens (including phenoxy) is 2. The van der Waals surface area contributed by atoms with E-state index in [1.807, 2.05) is 0 Å². The van der Waals surface area contributed by atoms with Gasteiger partial charge in [0.15, 0.2) is 17.1 Å². The van der Waals surface area contributed by atoms with Crippen LogP contribution in [0.5, 0.6) is 11.5 Å². The number of amides is 2. The van der Waals surface area contributed by atoms with Gasteiger partial charge in [-0.15, -0.1) is 0 Å². The van der Waals surface area contributed by atoms with Gasteiger partial charge in [-0.05, 0) is 30.3 Å². The Morgan fingerprint density at radius 1 is 1.04 bits per heavy atom. The zero-order valence-electron chi connectivity index (χ0n) is 13.4. The summed E-state index contributed by atoms with van der Waals surface area (Å²) in [7, 11) is 0. The van der Waals surface area contributed by atoms with Crippen molar-refractivity contribution in [2.75, 3.05) is 6.79 Å². The van der Waals surface area contributed by atoms with Crippen molar-refractivity contribution in [3.63, 3.8) is 0 Å². The van der Waals surface area contributed by atoms with Crippen molar-refractivity contribution in [2.24, 2.45) is 0 Å². The van der Waals surface area contributed by atoms with E-state index < -0.39 is 17.6 Å². The number of nitrogens with one attached hydrogen (secondary N) is 2. The molecule has 0 radical (unpaired) electrons. The maximum Gasteiger partial charge on any atom is 0.420 e. The Hall–Kier alpha value is -3.75. The van der Waals surface area contributed by atoms with E-state index in [4.69, 9.17) is 13.9 Å². The molecule has 0 atom stereocenters. The Morgan fingerprint density at radius 2 is 1.85 bits per heavy atom. The van der Waals surface area contributed by atoms with Gasteiger partial charge in [0.1, 0.15) is 6.54 Å². The lowest BCUT2D eigenvalue weighted by Crippen LogP contribution is -2.43. The highest BCUT2D eigenvalue weighted by atomic mass is 16.7. The lowest BCUT2D eigenvalue weighted by atomic mass is 10.2. The zero-order valence-corrected chi connectivity index (χ0v) is 13.4. The summed E-state index contributed by atoms with van der Waals surface area (Å²) in [6, 6.07) is 11.4. The summed E-state index contributed by atoms with van der Waals surface area (Å²) >= 11 is 0. The SMILES string of the molecule is O=C(Cn1c(=O)oc2ccccc21)NNC(=O)c1ccc2c(c1)OCO2. The second-order valence-electron chi connectivity index (χ2n) is 5.49. The molecule has 0 saturated heterocycles. The molecule has 9 heteroatoms. The van der Waals surface area contributed by atoms with Gasteiger partial charge in [-0.25, -0.2) is 4.79 Å². The molecule has 0 fully saturated rings. The summed E-state index contributed by atoms with van der Waals surface area (Å²) in [5, 5.41) is 0. The van der Waals surface area contributed by atoms with Crippen molar-refractivity contribution in [3.05, 3.63) is 58.6 Å². The van der Waals surface area contributed by atoms with Crippen LogP contribution < -0.4 is 26.1 Å². The molecule has 2 amide bonds. The number of aromatic nitrogens is 1. The smallest absolute Gasteiger partial charge is 0.420 e. The molecule has 1 aromatic heterocycles. The molecule has 0 unspecified atom stereocenters. The van der Waals surface area contributed by atoms with Gasteiger partial charge < -0.3 is 13.9 Å². The number of rotatable bonds is 3. The average Bonchev–Trinajstić information content (AvgIpc) is 3.23. The highest BCUT2D eigenvalue weighted by molar-refractivity contribution is 5.96. The summed E-state index contributed by atoms with van der Waals surface area (Å²) in [4.78, 5) is 36.0. The van der Waals surface area contributed by atoms with E-state index in [0.717, 1.165) is 0 Å². The van der Waals surface area contributed by atoms with Crippen molar-refractivity contribution in [2.45, 2.75) is 6.54 Å². The molecular weight excluding hydrogens is 342 g/mol. The van der Waals surface area contributed by atoms with Crippen molar-refractivity contribution in [1.29, 1.82) is 0 Å². The van der Waals surface area contributed by atoms with Crippen LogP contribution in [0.4, 0.5) is 0 Å². The lowest BCUT2D eigenvalue weighted by molar-refractivity contribution is -0.122. The molecule has 2 heterocycles. The second kappa shape index (κ2) is 6.28. The van der Waals surface area contributed by atoms with Crippen LogP contribution in [-0.4, -0.2) is 23.2 Å². The Kier molecular flexibility index (Phi) is 3.81. The molecular formula is C17H13N3O6. The number of carbonyl (C=O) groups excluding carboxylic acids is 2. The maximum atomic E-state index is 12.1. The molecule has 0 aliphatic carbocycles. The molecule has 2 N–H and O–H groups in total. The second-order valence-corrected chi connectivity index (χ2v) is 5.49. The van der Waals surface area contributed by atoms with Gasteiger partial charge in [0, 0.05) is 5.56 Å². The van der Waals surface area contributed by atoms with Crippen LogP contribution >= 0.6 is 0 Å². The molecule has 9 nitrogen and oxygen atoms in total. The molecule has 0 bridgehead atoms. The van der Waals surface area contributed by atoms with Crippen LogP contribution in [0.15, 0.2) is 51.7 Å². The lowest BCUT2D eigenvalue weighted by Gasteiger charge is -2.08. The number of para-hydroxylation sites is 2. The van der Waals surface area contributed by atoms with Crippen molar-refractivity contribution >= 4 is 22.9 Å². The first-order chi connectivity index (χ1) is 12.6. The predicted molar refractivity (Wildman–Crippen MR) is 88.6 cm³/mol. The van der Waals surface area contributed by atoms with Gasteiger partial charge in [0.2, 0.25) is 6.79 Å². The quantitative estimate of drug-likeness (QED) is 0.672. The number of nitrogens with zero attached hydrogens (tertiary/aromatic N) is 1. The Morgan fingerprint density at radius 3 is 2.73 bits per heavy atom. The Labute approximate surface area is 146 Å². The van der Waals surface area contributed by atoms with Crippen LogP contribution in [0.3, 0.4) is 0 Å². The van der Waals surface area contributed by atoms with Crippen LogP contribution in [0.2, 0.25) is 0 Å². The van der Waals surface area contributed by atoms with E-state index in [9.17, 15) is 14.4 Å². The number of benzene rings is 2. The summed E-state index contributed by atoms with van der Waals surface area (Å²) in [5.41, 5.74) is 5.73. The first-order valence-electron chi connectivity index (χ1n) is 7.69. The normalized spacial score (nSPS) is 12.2. The molecule has 3 aromatic rings. The Bertz CT molecular complexity index is 1070. The number of hydrazine groups is 1. The van der Waals surface area contributed by atoms with Crippen molar-refractivity contribution < 1.29 is 23.5 Å². The number of carbonyl (C=O) groups is 2. The van der Waals surface area contributed by atoms with E-state index in [2.05, 4.69) is 10.9 Å². The number of oxazole rings is 1. The third-order valence-corrected chi connectivity index (χ3v) is 3.83. The minimum atomic E-state index is -0.650. The van der Waals surface area contributed by atoms with Gasteiger partial charge in [0.05, 0.1) is 5.52 Å². The first-order valence-corrected chi connectivity index (χ1v) is 7.69. The van der Waals surface area contributed by atoms with Crippen molar-refractivity contribution in [3.8, 4) is 11.5 Å². The number of hydrogen-bond acceptors (Lipinski definition) is 6.